The lowest BCUT2D eigenvalue weighted by Gasteiger charge is -2.22. The molecule has 1 aromatic carbocycles. The number of likely N-dealkylation sites (N-methyl/N-ethyl adjacent to an activating group) is 1. The number of thiophene rings is 1. The standard InChI is InChI=1S/C21H31N3O2S/c1-5-25-19-10-9-17(16-20(19)26-6-2)11-13-23-21(22-3)24(4)14-12-18-8-7-15-27-18/h7-10,15-16H,5-6,11-14H2,1-4H3,(H,22,23). The van der Waals surface area contributed by atoms with Gasteiger partial charge < -0.3 is 19.7 Å². The second-order valence-electron chi connectivity index (χ2n) is 6.12. The molecule has 0 saturated carbocycles. The molecule has 0 aliphatic heterocycles. The number of guanidine groups is 1. The van der Waals surface area contributed by atoms with Crippen molar-refractivity contribution in [3.63, 3.8) is 0 Å². The molecule has 6 heteroatoms. The Labute approximate surface area is 167 Å². The Kier molecular flexibility index (Phi) is 8.98. The van der Waals surface area contributed by atoms with Crippen molar-refractivity contribution >= 4 is 17.3 Å². The molecule has 0 spiro atoms. The van der Waals surface area contributed by atoms with Crippen LogP contribution in [0.2, 0.25) is 0 Å². The Balaban J connectivity index is 1.85. The summed E-state index contributed by atoms with van der Waals surface area (Å²) in [6.07, 6.45) is 1.93. The molecule has 2 rings (SSSR count). The first-order chi connectivity index (χ1) is 13.2. The van der Waals surface area contributed by atoms with Crippen LogP contribution < -0.4 is 14.8 Å². The van der Waals surface area contributed by atoms with Crippen molar-refractivity contribution in [1.82, 2.24) is 10.2 Å². The molecule has 0 unspecified atom stereocenters. The van der Waals surface area contributed by atoms with Crippen LogP contribution in [0, 0.1) is 0 Å². The molecule has 1 aromatic heterocycles. The summed E-state index contributed by atoms with van der Waals surface area (Å²) in [5.74, 6) is 2.54. The number of benzene rings is 1. The largest absolute Gasteiger partial charge is 0.490 e. The minimum Gasteiger partial charge on any atom is -0.490 e. The molecule has 5 nitrogen and oxygen atoms in total. The Hall–Kier alpha value is -2.21. The van der Waals surface area contributed by atoms with Crippen LogP contribution in [0.15, 0.2) is 40.7 Å². The number of hydrogen-bond acceptors (Lipinski definition) is 4. The molecule has 27 heavy (non-hydrogen) atoms. The summed E-state index contributed by atoms with van der Waals surface area (Å²) in [6.45, 7) is 6.99. The summed E-state index contributed by atoms with van der Waals surface area (Å²) in [7, 11) is 3.90. The van der Waals surface area contributed by atoms with Gasteiger partial charge in [0.15, 0.2) is 17.5 Å². The molecular weight excluding hydrogens is 358 g/mol. The summed E-state index contributed by atoms with van der Waals surface area (Å²) in [5.41, 5.74) is 1.21. The van der Waals surface area contributed by atoms with Gasteiger partial charge in [0.05, 0.1) is 13.2 Å². The summed E-state index contributed by atoms with van der Waals surface area (Å²) in [4.78, 5) is 7.96. The molecular formula is C21H31N3O2S. The molecule has 148 valence electrons. The van der Waals surface area contributed by atoms with E-state index < -0.39 is 0 Å². The Morgan fingerprint density at radius 3 is 2.56 bits per heavy atom. The Morgan fingerprint density at radius 1 is 1.11 bits per heavy atom. The normalized spacial score (nSPS) is 11.3. The van der Waals surface area contributed by atoms with E-state index in [0.717, 1.165) is 43.4 Å². The fourth-order valence-corrected chi connectivity index (χ4v) is 3.49. The first kappa shape index (κ1) is 21.1. The van der Waals surface area contributed by atoms with Crippen molar-refractivity contribution in [2.24, 2.45) is 4.99 Å². The molecule has 1 heterocycles. The topological polar surface area (TPSA) is 46.1 Å². The van der Waals surface area contributed by atoms with Gasteiger partial charge in [-0.15, -0.1) is 11.3 Å². The smallest absolute Gasteiger partial charge is 0.193 e. The van der Waals surface area contributed by atoms with Gasteiger partial charge in [0.1, 0.15) is 0 Å². The predicted octanol–water partition coefficient (Wildman–Crippen LogP) is 3.84. The van der Waals surface area contributed by atoms with E-state index in [9.17, 15) is 0 Å². The van der Waals surface area contributed by atoms with Crippen LogP contribution in [0.5, 0.6) is 11.5 Å². The van der Waals surface area contributed by atoms with Crippen molar-refractivity contribution in [2.75, 3.05) is 40.4 Å². The van der Waals surface area contributed by atoms with Crippen LogP contribution in [-0.4, -0.2) is 51.3 Å². The average Bonchev–Trinajstić information content (AvgIpc) is 3.19. The lowest BCUT2D eigenvalue weighted by atomic mass is 10.1. The van der Waals surface area contributed by atoms with Crippen LogP contribution in [-0.2, 0) is 12.8 Å². The third kappa shape index (κ3) is 6.79. The van der Waals surface area contributed by atoms with Crippen molar-refractivity contribution in [1.29, 1.82) is 0 Å². The van der Waals surface area contributed by atoms with Crippen LogP contribution in [0.25, 0.3) is 0 Å². The van der Waals surface area contributed by atoms with E-state index >= 15 is 0 Å². The molecule has 0 aliphatic carbocycles. The molecule has 0 saturated heterocycles. The maximum absolute atomic E-state index is 5.71. The van der Waals surface area contributed by atoms with Crippen molar-refractivity contribution in [3.8, 4) is 11.5 Å². The molecule has 0 fully saturated rings. The highest BCUT2D eigenvalue weighted by molar-refractivity contribution is 7.09. The molecule has 0 amide bonds. The summed E-state index contributed by atoms with van der Waals surface area (Å²) in [6, 6.07) is 10.4. The quantitative estimate of drug-likeness (QED) is 0.495. The fourth-order valence-electron chi connectivity index (χ4n) is 2.79. The first-order valence-corrected chi connectivity index (χ1v) is 10.4. The highest BCUT2D eigenvalue weighted by Gasteiger charge is 2.08. The Morgan fingerprint density at radius 2 is 1.89 bits per heavy atom. The van der Waals surface area contributed by atoms with E-state index in [2.05, 4.69) is 51.9 Å². The molecule has 0 radical (unpaired) electrons. The van der Waals surface area contributed by atoms with Crippen molar-refractivity contribution in [3.05, 3.63) is 46.2 Å². The summed E-state index contributed by atoms with van der Waals surface area (Å²) < 4.78 is 11.3. The van der Waals surface area contributed by atoms with Gasteiger partial charge in [-0.25, -0.2) is 0 Å². The molecule has 2 aromatic rings. The second kappa shape index (κ2) is 11.5. The highest BCUT2D eigenvalue weighted by Crippen LogP contribution is 2.28. The van der Waals surface area contributed by atoms with Crippen molar-refractivity contribution < 1.29 is 9.47 Å². The van der Waals surface area contributed by atoms with E-state index in [0.29, 0.717) is 13.2 Å². The zero-order valence-corrected chi connectivity index (χ0v) is 17.6. The van der Waals surface area contributed by atoms with E-state index in [4.69, 9.17) is 9.47 Å². The lowest BCUT2D eigenvalue weighted by Crippen LogP contribution is -2.40. The minimum absolute atomic E-state index is 0.628. The highest BCUT2D eigenvalue weighted by atomic mass is 32.1. The SMILES string of the molecule is CCOc1ccc(CCNC(=NC)N(C)CCc2cccs2)cc1OCC. The zero-order chi connectivity index (χ0) is 19.5. The van der Waals surface area contributed by atoms with Crippen molar-refractivity contribution in [2.45, 2.75) is 26.7 Å². The minimum atomic E-state index is 0.628. The van der Waals surface area contributed by atoms with E-state index in [-0.39, 0.29) is 0 Å². The maximum Gasteiger partial charge on any atom is 0.193 e. The summed E-state index contributed by atoms with van der Waals surface area (Å²) in [5, 5.41) is 5.57. The number of ether oxygens (including phenoxy) is 2. The zero-order valence-electron chi connectivity index (χ0n) is 16.8. The molecule has 0 aliphatic rings. The van der Waals surface area contributed by atoms with Crippen LogP contribution in [0.3, 0.4) is 0 Å². The van der Waals surface area contributed by atoms with Crippen LogP contribution >= 0.6 is 11.3 Å². The van der Waals surface area contributed by atoms with Gasteiger partial charge in [0.25, 0.3) is 0 Å². The van der Waals surface area contributed by atoms with Gasteiger partial charge in [-0.2, -0.15) is 0 Å². The Bertz CT molecular complexity index is 701. The second-order valence-corrected chi connectivity index (χ2v) is 7.15. The predicted molar refractivity (Wildman–Crippen MR) is 114 cm³/mol. The van der Waals surface area contributed by atoms with E-state index in [1.807, 2.05) is 27.0 Å². The number of rotatable bonds is 10. The summed E-state index contributed by atoms with van der Waals surface area (Å²) >= 11 is 1.80. The monoisotopic (exact) mass is 389 g/mol. The average molecular weight is 390 g/mol. The number of nitrogens with one attached hydrogen (secondary N) is 1. The van der Waals surface area contributed by atoms with E-state index in [1.165, 1.54) is 10.4 Å². The number of hydrogen-bond donors (Lipinski definition) is 1. The third-order valence-electron chi connectivity index (χ3n) is 4.15. The third-order valence-corrected chi connectivity index (χ3v) is 5.09. The lowest BCUT2D eigenvalue weighted by molar-refractivity contribution is 0.287. The van der Waals surface area contributed by atoms with E-state index in [1.54, 1.807) is 11.3 Å². The van der Waals surface area contributed by atoms with Gasteiger partial charge in [-0.3, -0.25) is 4.99 Å². The molecule has 0 bridgehead atoms. The molecule has 0 atom stereocenters. The first-order valence-electron chi connectivity index (χ1n) is 9.50. The van der Waals surface area contributed by atoms with Gasteiger partial charge in [-0.1, -0.05) is 12.1 Å². The van der Waals surface area contributed by atoms with Gasteiger partial charge in [0.2, 0.25) is 0 Å². The molecule has 1 N–H and O–H groups in total. The van der Waals surface area contributed by atoms with Crippen LogP contribution in [0.1, 0.15) is 24.3 Å². The fraction of sp³-hybridized carbons (Fsp3) is 0.476. The number of aliphatic imine (C=N–C) groups is 1. The van der Waals surface area contributed by atoms with Gasteiger partial charge >= 0.3 is 0 Å². The van der Waals surface area contributed by atoms with Gasteiger partial charge in [0, 0.05) is 32.1 Å². The van der Waals surface area contributed by atoms with Crippen LogP contribution in [0.4, 0.5) is 0 Å². The van der Waals surface area contributed by atoms with Gasteiger partial charge in [-0.05, 0) is 55.8 Å². The number of nitrogens with zero attached hydrogens (tertiary/aromatic N) is 2. The maximum atomic E-state index is 5.71.